The monoisotopic (exact) mass is 233 g/mol. The first kappa shape index (κ1) is 11.9. The largest absolute Gasteiger partial charge is 0.330 e. The molecule has 4 heteroatoms. The van der Waals surface area contributed by atoms with Gasteiger partial charge in [0.25, 0.3) is 0 Å². The Bertz CT molecular complexity index is 388. The molecule has 0 aromatic heterocycles. The van der Waals surface area contributed by atoms with Gasteiger partial charge >= 0.3 is 0 Å². The number of hydrazine groups is 1. The molecule has 1 saturated heterocycles. The van der Waals surface area contributed by atoms with Crippen LogP contribution in [0.5, 0.6) is 0 Å². The lowest BCUT2D eigenvalue weighted by Gasteiger charge is -2.18. The zero-order valence-electron chi connectivity index (χ0n) is 10.1. The number of nitrogens with one attached hydrogen (secondary N) is 1. The molecule has 3 N–H and O–H groups in total. The summed E-state index contributed by atoms with van der Waals surface area (Å²) in [5, 5.41) is 1.89. The molecule has 0 aliphatic carbocycles. The molecule has 4 nitrogen and oxygen atoms in total. The number of rotatable bonds is 4. The second-order valence-electron chi connectivity index (χ2n) is 4.51. The predicted octanol–water partition coefficient (Wildman–Crippen LogP) is 1.38. The van der Waals surface area contributed by atoms with Crippen LogP contribution in [0.1, 0.15) is 31.2 Å². The number of anilines is 1. The summed E-state index contributed by atoms with van der Waals surface area (Å²) in [5.41, 5.74) is 10.7. The van der Waals surface area contributed by atoms with E-state index in [-0.39, 0.29) is 5.91 Å². The SMILES string of the molecule is CC(CCN)c1ccc(N2CCC(=O)N2)cc1. The molecule has 1 aromatic carbocycles. The average Bonchev–Trinajstić information content (AvgIpc) is 2.76. The van der Waals surface area contributed by atoms with Crippen LogP contribution in [0.25, 0.3) is 0 Å². The van der Waals surface area contributed by atoms with Crippen LogP contribution >= 0.6 is 0 Å². The molecule has 1 fully saturated rings. The number of nitrogens with two attached hydrogens (primary N) is 1. The average molecular weight is 233 g/mol. The zero-order valence-corrected chi connectivity index (χ0v) is 10.1. The molecular formula is C13H19N3O. The number of nitrogens with zero attached hydrogens (tertiary/aromatic N) is 1. The van der Waals surface area contributed by atoms with Crippen molar-refractivity contribution >= 4 is 11.6 Å². The van der Waals surface area contributed by atoms with E-state index < -0.39 is 0 Å². The molecule has 92 valence electrons. The summed E-state index contributed by atoms with van der Waals surface area (Å²) < 4.78 is 0. The minimum atomic E-state index is 0.0885. The van der Waals surface area contributed by atoms with E-state index in [0.717, 1.165) is 18.7 Å². The smallest absolute Gasteiger partial charge is 0.240 e. The van der Waals surface area contributed by atoms with Crippen LogP contribution in [-0.2, 0) is 4.79 Å². The van der Waals surface area contributed by atoms with Gasteiger partial charge in [0, 0.05) is 13.0 Å². The predicted molar refractivity (Wildman–Crippen MR) is 68.6 cm³/mol. The van der Waals surface area contributed by atoms with E-state index in [4.69, 9.17) is 5.73 Å². The molecule has 1 atom stereocenters. The Labute approximate surface area is 102 Å². The van der Waals surface area contributed by atoms with Crippen molar-refractivity contribution in [2.75, 3.05) is 18.1 Å². The van der Waals surface area contributed by atoms with Crippen molar-refractivity contribution < 1.29 is 4.79 Å². The molecular weight excluding hydrogens is 214 g/mol. The number of carbonyl (C=O) groups excluding carboxylic acids is 1. The molecule has 1 unspecified atom stereocenters. The molecule has 0 bridgehead atoms. The minimum Gasteiger partial charge on any atom is -0.330 e. The van der Waals surface area contributed by atoms with Gasteiger partial charge in [-0.25, -0.2) is 0 Å². The highest BCUT2D eigenvalue weighted by molar-refractivity contribution is 5.81. The summed E-state index contributed by atoms with van der Waals surface area (Å²) in [6, 6.07) is 8.32. The van der Waals surface area contributed by atoms with Gasteiger partial charge in [-0.2, -0.15) is 0 Å². The van der Waals surface area contributed by atoms with Gasteiger partial charge in [-0.3, -0.25) is 15.2 Å². The van der Waals surface area contributed by atoms with E-state index in [1.807, 2.05) is 17.1 Å². The van der Waals surface area contributed by atoms with Gasteiger partial charge in [-0.15, -0.1) is 0 Å². The summed E-state index contributed by atoms with van der Waals surface area (Å²) in [7, 11) is 0. The van der Waals surface area contributed by atoms with E-state index in [1.165, 1.54) is 5.56 Å². The standard InChI is InChI=1S/C13H19N3O/c1-10(6-8-14)11-2-4-12(5-3-11)16-9-7-13(17)15-16/h2-5,10H,6-9,14H2,1H3,(H,15,17). The first-order valence-electron chi connectivity index (χ1n) is 6.08. The number of hydrogen-bond acceptors (Lipinski definition) is 3. The van der Waals surface area contributed by atoms with Gasteiger partial charge in [0.05, 0.1) is 5.69 Å². The molecule has 2 rings (SSSR count). The lowest BCUT2D eigenvalue weighted by molar-refractivity contribution is -0.119. The highest BCUT2D eigenvalue weighted by atomic mass is 16.2. The fourth-order valence-corrected chi connectivity index (χ4v) is 2.07. The van der Waals surface area contributed by atoms with Gasteiger partial charge in [-0.05, 0) is 36.6 Å². The van der Waals surface area contributed by atoms with Crippen molar-refractivity contribution in [2.45, 2.75) is 25.7 Å². The Hall–Kier alpha value is -1.55. The highest BCUT2D eigenvalue weighted by Crippen LogP contribution is 2.22. The van der Waals surface area contributed by atoms with Gasteiger partial charge < -0.3 is 5.73 Å². The number of hydrogen-bond donors (Lipinski definition) is 2. The summed E-state index contributed by atoms with van der Waals surface area (Å²) in [5.74, 6) is 0.577. The molecule has 0 spiro atoms. The van der Waals surface area contributed by atoms with Crippen LogP contribution in [0.2, 0.25) is 0 Å². The van der Waals surface area contributed by atoms with Crippen molar-refractivity contribution in [1.29, 1.82) is 0 Å². The van der Waals surface area contributed by atoms with E-state index in [9.17, 15) is 4.79 Å². The van der Waals surface area contributed by atoms with Gasteiger partial charge in [0.2, 0.25) is 5.91 Å². The maximum atomic E-state index is 11.1. The van der Waals surface area contributed by atoms with Crippen LogP contribution in [0.15, 0.2) is 24.3 Å². The summed E-state index contributed by atoms with van der Waals surface area (Å²) >= 11 is 0. The van der Waals surface area contributed by atoms with E-state index in [0.29, 0.717) is 18.9 Å². The van der Waals surface area contributed by atoms with Crippen molar-refractivity contribution in [1.82, 2.24) is 5.43 Å². The first-order valence-corrected chi connectivity index (χ1v) is 6.08. The van der Waals surface area contributed by atoms with Gasteiger partial charge in [-0.1, -0.05) is 19.1 Å². The van der Waals surface area contributed by atoms with E-state index in [2.05, 4.69) is 24.5 Å². The second kappa shape index (κ2) is 5.19. The fourth-order valence-electron chi connectivity index (χ4n) is 2.07. The van der Waals surface area contributed by atoms with Crippen LogP contribution in [0, 0.1) is 0 Å². The Balaban J connectivity index is 2.05. The Morgan fingerprint density at radius 1 is 1.41 bits per heavy atom. The quantitative estimate of drug-likeness (QED) is 0.826. The Morgan fingerprint density at radius 3 is 2.65 bits per heavy atom. The maximum Gasteiger partial charge on any atom is 0.240 e. The molecule has 1 aliphatic rings. The van der Waals surface area contributed by atoms with Crippen LogP contribution < -0.4 is 16.2 Å². The molecule has 0 radical (unpaired) electrons. The summed E-state index contributed by atoms with van der Waals surface area (Å²) in [4.78, 5) is 11.1. The lowest BCUT2D eigenvalue weighted by Crippen LogP contribution is -2.32. The minimum absolute atomic E-state index is 0.0885. The first-order chi connectivity index (χ1) is 8.20. The molecule has 17 heavy (non-hydrogen) atoms. The van der Waals surface area contributed by atoms with E-state index >= 15 is 0 Å². The maximum absolute atomic E-state index is 11.1. The summed E-state index contributed by atoms with van der Waals surface area (Å²) in [6.07, 6.45) is 1.57. The van der Waals surface area contributed by atoms with Gasteiger partial charge in [0.1, 0.15) is 0 Å². The van der Waals surface area contributed by atoms with Crippen molar-refractivity contribution in [2.24, 2.45) is 5.73 Å². The van der Waals surface area contributed by atoms with Gasteiger partial charge in [0.15, 0.2) is 0 Å². The number of benzene rings is 1. The van der Waals surface area contributed by atoms with Crippen LogP contribution in [-0.4, -0.2) is 19.0 Å². The van der Waals surface area contributed by atoms with Crippen molar-refractivity contribution in [3.63, 3.8) is 0 Å². The fraction of sp³-hybridized carbons (Fsp3) is 0.462. The molecule has 1 aliphatic heterocycles. The Kier molecular flexibility index (Phi) is 3.64. The van der Waals surface area contributed by atoms with Crippen LogP contribution in [0.4, 0.5) is 5.69 Å². The normalized spacial score (nSPS) is 17.1. The Morgan fingerprint density at radius 2 is 2.12 bits per heavy atom. The van der Waals surface area contributed by atoms with E-state index in [1.54, 1.807) is 0 Å². The third kappa shape index (κ3) is 2.77. The number of amides is 1. The lowest BCUT2D eigenvalue weighted by atomic mass is 9.98. The zero-order chi connectivity index (χ0) is 12.3. The van der Waals surface area contributed by atoms with Crippen LogP contribution in [0.3, 0.4) is 0 Å². The second-order valence-corrected chi connectivity index (χ2v) is 4.51. The van der Waals surface area contributed by atoms with Crippen molar-refractivity contribution in [3.8, 4) is 0 Å². The third-order valence-electron chi connectivity index (χ3n) is 3.20. The highest BCUT2D eigenvalue weighted by Gasteiger charge is 2.18. The molecule has 1 heterocycles. The number of carbonyl (C=O) groups is 1. The molecule has 1 aromatic rings. The summed E-state index contributed by atoms with van der Waals surface area (Å²) in [6.45, 7) is 3.64. The molecule has 1 amide bonds. The topological polar surface area (TPSA) is 58.4 Å². The molecule has 0 saturated carbocycles. The van der Waals surface area contributed by atoms with Crippen molar-refractivity contribution in [3.05, 3.63) is 29.8 Å². The third-order valence-corrected chi connectivity index (χ3v) is 3.20.